The van der Waals surface area contributed by atoms with Crippen LogP contribution in [0.1, 0.15) is 52.4 Å². The van der Waals surface area contributed by atoms with Crippen molar-refractivity contribution in [2.75, 3.05) is 11.5 Å². The summed E-state index contributed by atoms with van der Waals surface area (Å²) in [6.07, 6.45) is -16.1. The van der Waals surface area contributed by atoms with Gasteiger partial charge in [0.15, 0.2) is 9.84 Å². The third-order valence-corrected chi connectivity index (χ3v) is 7.56. The molecule has 0 aliphatic heterocycles. The predicted octanol–water partition coefficient (Wildman–Crippen LogP) is 8.22. The van der Waals surface area contributed by atoms with Gasteiger partial charge in [0.1, 0.15) is 17.5 Å². The number of allylic oxidation sites excluding steroid dienone is 1. The molecule has 2 rings (SSSR count). The van der Waals surface area contributed by atoms with Gasteiger partial charge in [0.2, 0.25) is 0 Å². The Morgan fingerprint density at radius 1 is 0.953 bits per heavy atom. The SMILES string of the molecule is C[C@H](CS(=O)(=O)CC(F)(F)F)NC(=O)c1ccc(/C(F)=C/C(c2cc(Cl)cc(C(C)(F)F)c2)C(F)(F)F)cc1C(F)(F)F. The molecule has 0 aliphatic rings. The molecule has 0 radical (unpaired) electrons. The van der Waals surface area contributed by atoms with Crippen LogP contribution in [0.4, 0.5) is 52.7 Å². The first-order chi connectivity index (χ1) is 19.2. The van der Waals surface area contributed by atoms with E-state index in [0.717, 1.165) is 6.92 Å². The van der Waals surface area contributed by atoms with E-state index in [4.69, 9.17) is 11.6 Å². The molecule has 18 heteroatoms. The molecule has 2 aromatic carbocycles. The van der Waals surface area contributed by atoms with Gasteiger partial charge in [-0.2, -0.15) is 39.5 Å². The minimum absolute atomic E-state index is 0.0250. The second-order valence-electron chi connectivity index (χ2n) is 9.50. The van der Waals surface area contributed by atoms with Crippen molar-refractivity contribution in [3.8, 4) is 0 Å². The number of halogens is 13. The summed E-state index contributed by atoms with van der Waals surface area (Å²) < 4.78 is 186. The van der Waals surface area contributed by atoms with Gasteiger partial charge in [0, 0.05) is 29.1 Å². The van der Waals surface area contributed by atoms with E-state index in [-0.39, 0.29) is 12.1 Å². The number of hydrogen-bond acceptors (Lipinski definition) is 3. The van der Waals surface area contributed by atoms with Crippen LogP contribution in [0, 0.1) is 0 Å². The van der Waals surface area contributed by atoms with Crippen molar-refractivity contribution in [3.63, 3.8) is 0 Å². The summed E-state index contributed by atoms with van der Waals surface area (Å²) in [5, 5.41) is 1.22. The number of alkyl halides is 11. The van der Waals surface area contributed by atoms with Gasteiger partial charge in [-0.3, -0.25) is 4.79 Å². The summed E-state index contributed by atoms with van der Waals surface area (Å²) in [7, 11) is -4.84. The molecule has 0 heterocycles. The minimum atomic E-state index is -5.42. The summed E-state index contributed by atoms with van der Waals surface area (Å²) >= 11 is 5.66. The van der Waals surface area contributed by atoms with Crippen molar-refractivity contribution in [1.82, 2.24) is 5.32 Å². The summed E-state index contributed by atoms with van der Waals surface area (Å²) in [5.41, 5.74) is -6.14. The van der Waals surface area contributed by atoms with Crippen LogP contribution in [0.2, 0.25) is 5.02 Å². The van der Waals surface area contributed by atoms with Gasteiger partial charge in [0.05, 0.1) is 16.9 Å². The smallest absolute Gasteiger partial charge is 0.349 e. The van der Waals surface area contributed by atoms with Gasteiger partial charge >= 0.3 is 18.5 Å². The zero-order chi connectivity index (χ0) is 33.3. The second kappa shape index (κ2) is 12.6. The fourth-order valence-corrected chi connectivity index (χ4v) is 5.53. The molecular weight excluding hydrogens is 658 g/mol. The highest BCUT2D eigenvalue weighted by Crippen LogP contribution is 2.42. The summed E-state index contributed by atoms with van der Waals surface area (Å²) in [4.78, 5) is 12.5. The standard InChI is InChI=1S/C25H20ClF12NO3S/c1-12(10-43(41,42)11-23(30,31)32)39-21(40)17-4-3-13(7-19(17)25(36,37)38)20(27)9-18(24(33,34)35)14-5-15(22(2,28)29)8-16(26)6-14/h3-9,12,18H,10-11H2,1-2H3,(H,39,40)/b20-9-/t12-,18?/m1/s1. The van der Waals surface area contributed by atoms with Crippen LogP contribution >= 0.6 is 11.6 Å². The number of rotatable bonds is 9. The lowest BCUT2D eigenvalue weighted by Gasteiger charge is -2.21. The molecule has 0 bridgehead atoms. The molecule has 2 aromatic rings. The highest BCUT2D eigenvalue weighted by Gasteiger charge is 2.42. The zero-order valence-electron chi connectivity index (χ0n) is 21.7. The van der Waals surface area contributed by atoms with Crippen LogP contribution in [0.15, 0.2) is 42.5 Å². The van der Waals surface area contributed by atoms with Gasteiger partial charge in [-0.1, -0.05) is 17.7 Å². The summed E-state index contributed by atoms with van der Waals surface area (Å²) in [6.45, 7) is 1.25. The Balaban J connectivity index is 2.50. The topological polar surface area (TPSA) is 63.2 Å². The van der Waals surface area contributed by atoms with Crippen molar-refractivity contribution >= 4 is 33.2 Å². The van der Waals surface area contributed by atoms with E-state index in [1.54, 1.807) is 5.32 Å². The number of benzene rings is 2. The maximum atomic E-state index is 15.0. The molecular formula is C25H20ClF12NO3S. The van der Waals surface area contributed by atoms with Crippen molar-refractivity contribution in [1.29, 1.82) is 0 Å². The second-order valence-corrected chi connectivity index (χ2v) is 12.0. The number of nitrogens with one attached hydrogen (secondary N) is 1. The Bertz CT molecular complexity index is 1480. The van der Waals surface area contributed by atoms with Gasteiger partial charge < -0.3 is 5.32 Å². The largest absolute Gasteiger partial charge is 0.417 e. The van der Waals surface area contributed by atoms with E-state index in [1.807, 2.05) is 0 Å². The van der Waals surface area contributed by atoms with E-state index in [9.17, 15) is 61.5 Å². The van der Waals surface area contributed by atoms with E-state index >= 15 is 4.39 Å². The lowest BCUT2D eigenvalue weighted by molar-refractivity contribution is -0.140. The molecule has 4 nitrogen and oxygen atoms in total. The molecule has 0 fully saturated rings. The molecule has 240 valence electrons. The number of amides is 1. The Kier molecular flexibility index (Phi) is 10.6. The molecule has 0 saturated heterocycles. The maximum absolute atomic E-state index is 15.0. The van der Waals surface area contributed by atoms with Crippen molar-refractivity contribution in [3.05, 3.63) is 75.3 Å². The molecule has 0 saturated carbocycles. The average Bonchev–Trinajstić information content (AvgIpc) is 2.77. The van der Waals surface area contributed by atoms with E-state index in [2.05, 4.69) is 0 Å². The number of sulfone groups is 1. The van der Waals surface area contributed by atoms with Gasteiger partial charge in [-0.25, -0.2) is 21.6 Å². The van der Waals surface area contributed by atoms with Crippen molar-refractivity contribution < 1.29 is 65.9 Å². The molecule has 1 amide bonds. The molecule has 0 aromatic heterocycles. The van der Waals surface area contributed by atoms with E-state index < -0.39 is 102 Å². The van der Waals surface area contributed by atoms with E-state index in [1.165, 1.54) is 0 Å². The van der Waals surface area contributed by atoms with Crippen molar-refractivity contribution in [2.45, 2.75) is 50.3 Å². The minimum Gasteiger partial charge on any atom is -0.349 e. The highest BCUT2D eigenvalue weighted by atomic mass is 35.5. The first kappa shape index (κ1) is 36.2. The van der Waals surface area contributed by atoms with Crippen LogP contribution in [0.25, 0.3) is 5.83 Å². The number of hydrogen-bond donors (Lipinski definition) is 1. The molecule has 0 spiro atoms. The number of carbonyl (C=O) groups is 1. The third-order valence-electron chi connectivity index (χ3n) is 5.56. The monoisotopic (exact) mass is 677 g/mol. The molecule has 1 N–H and O–H groups in total. The van der Waals surface area contributed by atoms with E-state index in [0.29, 0.717) is 37.3 Å². The van der Waals surface area contributed by atoms with Gasteiger partial charge in [-0.15, -0.1) is 0 Å². The Morgan fingerprint density at radius 2 is 1.53 bits per heavy atom. The summed E-state index contributed by atoms with van der Waals surface area (Å²) in [5.74, 6) is -13.7. The predicted molar refractivity (Wildman–Crippen MR) is 132 cm³/mol. The molecule has 43 heavy (non-hydrogen) atoms. The molecule has 0 aliphatic carbocycles. The molecule has 2 atom stereocenters. The quantitative estimate of drug-likeness (QED) is 0.272. The normalized spacial score (nSPS) is 15.3. The van der Waals surface area contributed by atoms with Crippen LogP contribution in [-0.2, 0) is 21.9 Å². The summed E-state index contributed by atoms with van der Waals surface area (Å²) in [6, 6.07) is 0.881. The fraction of sp³-hybridized carbons (Fsp3) is 0.400. The van der Waals surface area contributed by atoms with Gasteiger partial charge in [0.25, 0.3) is 11.8 Å². The lowest BCUT2D eigenvalue weighted by atomic mass is 9.93. The maximum Gasteiger partial charge on any atom is 0.417 e. The van der Waals surface area contributed by atoms with Gasteiger partial charge in [-0.05, 0) is 48.9 Å². The third kappa shape index (κ3) is 10.6. The Morgan fingerprint density at radius 3 is 2.02 bits per heavy atom. The van der Waals surface area contributed by atoms with Crippen LogP contribution in [0.3, 0.4) is 0 Å². The van der Waals surface area contributed by atoms with Crippen molar-refractivity contribution in [2.24, 2.45) is 0 Å². The number of carbonyl (C=O) groups excluding carboxylic acids is 1. The first-order valence-electron chi connectivity index (χ1n) is 11.6. The zero-order valence-corrected chi connectivity index (χ0v) is 23.2. The lowest BCUT2D eigenvalue weighted by Crippen LogP contribution is -2.40. The first-order valence-corrected chi connectivity index (χ1v) is 13.8. The highest BCUT2D eigenvalue weighted by molar-refractivity contribution is 7.91. The fourth-order valence-electron chi connectivity index (χ4n) is 3.83. The Hall–Kier alpha value is -2.95. The molecule has 1 unspecified atom stereocenters. The van der Waals surface area contributed by atoms with Crippen LogP contribution in [-0.4, -0.2) is 44.2 Å². The Labute approximate surface area is 241 Å². The van der Waals surface area contributed by atoms with Crippen LogP contribution < -0.4 is 5.32 Å². The average molecular weight is 678 g/mol. The van der Waals surface area contributed by atoms with Crippen LogP contribution in [0.5, 0.6) is 0 Å².